The Labute approximate surface area is 130 Å². The molecule has 1 aromatic carbocycles. The fourth-order valence-corrected chi connectivity index (χ4v) is 4.24. The van der Waals surface area contributed by atoms with Crippen molar-refractivity contribution in [3.05, 3.63) is 52.2 Å². The van der Waals surface area contributed by atoms with Gasteiger partial charge in [-0.1, -0.05) is 18.2 Å². The number of benzene rings is 1. The maximum absolute atomic E-state index is 12.6. The summed E-state index contributed by atoms with van der Waals surface area (Å²) in [6, 6.07) is 10.7. The Morgan fingerprint density at radius 1 is 1.24 bits per heavy atom. The van der Waals surface area contributed by atoms with E-state index in [1.165, 1.54) is 9.18 Å². The highest BCUT2D eigenvalue weighted by Gasteiger charge is 2.25. The molecule has 1 heterocycles. The normalized spacial score (nSPS) is 13.5. The summed E-state index contributed by atoms with van der Waals surface area (Å²) in [6.07, 6.45) is 0.717. The smallest absolute Gasteiger partial charge is 0.243 e. The van der Waals surface area contributed by atoms with E-state index in [2.05, 4.69) is 0 Å². The number of hydrogen-bond donors (Lipinski definition) is 1. The lowest BCUT2D eigenvalue weighted by Gasteiger charge is -2.24. The summed E-state index contributed by atoms with van der Waals surface area (Å²) in [6.45, 7) is 2.33. The predicted octanol–water partition coefficient (Wildman–Crippen LogP) is 2.46. The van der Waals surface area contributed by atoms with Crippen molar-refractivity contribution in [2.45, 2.75) is 30.8 Å². The molecule has 0 aliphatic rings. The van der Waals surface area contributed by atoms with Crippen LogP contribution in [-0.4, -0.2) is 25.8 Å². The number of likely N-dealkylation sites (N-methyl/N-ethyl adjacent to an activating group) is 1. The van der Waals surface area contributed by atoms with E-state index in [1.54, 1.807) is 42.6 Å². The fraction of sp³-hybridized carbons (Fsp3) is 0.333. The van der Waals surface area contributed by atoms with E-state index in [4.69, 9.17) is 5.73 Å². The molecule has 2 rings (SSSR count). The van der Waals surface area contributed by atoms with E-state index >= 15 is 0 Å². The third-order valence-electron chi connectivity index (χ3n) is 3.53. The molecule has 0 bridgehead atoms. The molecule has 2 N–H and O–H groups in total. The van der Waals surface area contributed by atoms with E-state index in [9.17, 15) is 8.42 Å². The van der Waals surface area contributed by atoms with Gasteiger partial charge in [-0.05, 0) is 42.5 Å². The third-order valence-corrected chi connectivity index (χ3v) is 6.42. The van der Waals surface area contributed by atoms with Crippen molar-refractivity contribution in [1.29, 1.82) is 0 Å². The van der Waals surface area contributed by atoms with E-state index in [1.807, 2.05) is 24.4 Å². The van der Waals surface area contributed by atoms with Crippen LogP contribution in [-0.2, 0) is 23.0 Å². The molecule has 2 aromatic rings. The van der Waals surface area contributed by atoms with Crippen molar-refractivity contribution in [3.63, 3.8) is 0 Å². The Kier molecular flexibility index (Phi) is 5.16. The molecule has 4 nitrogen and oxygen atoms in total. The topological polar surface area (TPSA) is 63.4 Å². The summed E-state index contributed by atoms with van der Waals surface area (Å²) < 4.78 is 26.6. The van der Waals surface area contributed by atoms with Gasteiger partial charge < -0.3 is 5.73 Å². The van der Waals surface area contributed by atoms with Gasteiger partial charge in [0.15, 0.2) is 0 Å². The van der Waals surface area contributed by atoms with Crippen molar-refractivity contribution >= 4 is 21.4 Å². The second-order valence-electron chi connectivity index (χ2n) is 5.00. The van der Waals surface area contributed by atoms with E-state index in [0.717, 1.165) is 5.56 Å². The molecule has 1 atom stereocenters. The van der Waals surface area contributed by atoms with E-state index in [0.29, 0.717) is 17.9 Å². The molecule has 0 spiro atoms. The van der Waals surface area contributed by atoms with Crippen LogP contribution in [0.4, 0.5) is 0 Å². The fourth-order valence-electron chi connectivity index (χ4n) is 2.05. The van der Waals surface area contributed by atoms with Crippen LogP contribution in [0, 0.1) is 0 Å². The SMILES string of the molecule is CC(Cc1cccs1)N(C)S(=O)(=O)c1ccc(CN)cc1. The van der Waals surface area contributed by atoms with Gasteiger partial charge in [-0.25, -0.2) is 8.42 Å². The number of nitrogens with two attached hydrogens (primary N) is 1. The highest BCUT2D eigenvalue weighted by atomic mass is 32.2. The van der Waals surface area contributed by atoms with Gasteiger partial charge in [0.05, 0.1) is 4.90 Å². The molecule has 0 amide bonds. The molecular formula is C15H20N2O2S2. The number of sulfonamides is 1. The number of thiophene rings is 1. The first-order valence-corrected chi connectivity index (χ1v) is 9.06. The van der Waals surface area contributed by atoms with Crippen LogP contribution in [0.2, 0.25) is 0 Å². The van der Waals surface area contributed by atoms with Gasteiger partial charge >= 0.3 is 0 Å². The number of hydrogen-bond acceptors (Lipinski definition) is 4. The predicted molar refractivity (Wildman–Crippen MR) is 86.8 cm³/mol. The zero-order valence-corrected chi connectivity index (χ0v) is 13.8. The molecule has 0 aliphatic heterocycles. The summed E-state index contributed by atoms with van der Waals surface area (Å²) in [5, 5.41) is 2.00. The lowest BCUT2D eigenvalue weighted by molar-refractivity contribution is 0.388. The Hall–Kier alpha value is -1.21. The van der Waals surface area contributed by atoms with Gasteiger partial charge in [-0.2, -0.15) is 4.31 Å². The lowest BCUT2D eigenvalue weighted by atomic mass is 10.2. The van der Waals surface area contributed by atoms with Crippen molar-refractivity contribution in [3.8, 4) is 0 Å². The van der Waals surface area contributed by atoms with Gasteiger partial charge in [-0.3, -0.25) is 0 Å². The van der Waals surface area contributed by atoms with Crippen LogP contribution in [0.25, 0.3) is 0 Å². The molecule has 0 saturated heterocycles. The maximum Gasteiger partial charge on any atom is 0.243 e. The minimum absolute atomic E-state index is 0.0946. The van der Waals surface area contributed by atoms with Gasteiger partial charge in [0.25, 0.3) is 0 Å². The molecule has 1 unspecified atom stereocenters. The molecule has 21 heavy (non-hydrogen) atoms. The summed E-state index contributed by atoms with van der Waals surface area (Å²) >= 11 is 1.64. The average molecular weight is 324 g/mol. The molecule has 0 radical (unpaired) electrons. The minimum atomic E-state index is -3.47. The van der Waals surface area contributed by atoms with E-state index in [-0.39, 0.29) is 6.04 Å². The van der Waals surface area contributed by atoms with Crippen LogP contribution in [0.5, 0.6) is 0 Å². The standard InChI is InChI=1S/C15H20N2O2S2/c1-12(10-14-4-3-9-20-14)17(2)21(18,19)15-7-5-13(11-16)6-8-15/h3-9,12H,10-11,16H2,1-2H3. The zero-order valence-electron chi connectivity index (χ0n) is 12.2. The highest BCUT2D eigenvalue weighted by molar-refractivity contribution is 7.89. The van der Waals surface area contributed by atoms with E-state index < -0.39 is 10.0 Å². The van der Waals surface area contributed by atoms with Gasteiger partial charge in [-0.15, -0.1) is 11.3 Å². The first-order chi connectivity index (χ1) is 9.95. The summed E-state index contributed by atoms with van der Waals surface area (Å²) in [5.41, 5.74) is 6.45. The van der Waals surface area contributed by atoms with Crippen molar-refractivity contribution < 1.29 is 8.42 Å². The second kappa shape index (κ2) is 6.70. The minimum Gasteiger partial charge on any atom is -0.326 e. The van der Waals surface area contributed by atoms with Gasteiger partial charge in [0.1, 0.15) is 0 Å². The number of nitrogens with zero attached hydrogens (tertiary/aromatic N) is 1. The van der Waals surface area contributed by atoms with Crippen molar-refractivity contribution in [2.75, 3.05) is 7.05 Å². The molecule has 6 heteroatoms. The highest BCUT2D eigenvalue weighted by Crippen LogP contribution is 2.20. The quantitative estimate of drug-likeness (QED) is 0.888. The molecule has 0 aliphatic carbocycles. The lowest BCUT2D eigenvalue weighted by Crippen LogP contribution is -2.36. The summed E-state index contributed by atoms with van der Waals surface area (Å²) in [5.74, 6) is 0. The molecular weight excluding hydrogens is 304 g/mol. The number of rotatable bonds is 6. The van der Waals surface area contributed by atoms with Crippen LogP contribution in [0.1, 0.15) is 17.4 Å². The summed E-state index contributed by atoms with van der Waals surface area (Å²) in [4.78, 5) is 1.49. The Bertz CT molecular complexity index is 664. The van der Waals surface area contributed by atoms with Crippen LogP contribution in [0.15, 0.2) is 46.7 Å². The van der Waals surface area contributed by atoms with Gasteiger partial charge in [0.2, 0.25) is 10.0 Å². The van der Waals surface area contributed by atoms with Crippen LogP contribution in [0.3, 0.4) is 0 Å². The summed E-state index contributed by atoms with van der Waals surface area (Å²) in [7, 11) is -1.84. The Morgan fingerprint density at radius 2 is 1.90 bits per heavy atom. The molecule has 0 fully saturated rings. The van der Waals surface area contributed by atoms with Crippen LogP contribution < -0.4 is 5.73 Å². The van der Waals surface area contributed by atoms with Crippen molar-refractivity contribution in [1.82, 2.24) is 4.31 Å². The zero-order chi connectivity index (χ0) is 15.5. The average Bonchev–Trinajstić information content (AvgIpc) is 2.99. The Balaban J connectivity index is 2.16. The largest absolute Gasteiger partial charge is 0.326 e. The first kappa shape index (κ1) is 16.2. The maximum atomic E-state index is 12.6. The Morgan fingerprint density at radius 3 is 2.43 bits per heavy atom. The first-order valence-electron chi connectivity index (χ1n) is 6.74. The third kappa shape index (κ3) is 3.71. The molecule has 114 valence electrons. The monoisotopic (exact) mass is 324 g/mol. The van der Waals surface area contributed by atoms with Crippen LogP contribution >= 0.6 is 11.3 Å². The van der Waals surface area contributed by atoms with Gasteiger partial charge in [0, 0.05) is 24.5 Å². The molecule has 1 aromatic heterocycles. The molecule has 0 saturated carbocycles. The van der Waals surface area contributed by atoms with Crippen molar-refractivity contribution in [2.24, 2.45) is 5.73 Å². The second-order valence-corrected chi connectivity index (χ2v) is 8.03.